The fourth-order valence-corrected chi connectivity index (χ4v) is 4.36. The van der Waals surface area contributed by atoms with E-state index in [1.807, 2.05) is 24.0 Å². The minimum Gasteiger partial charge on any atom is -0.381 e. The molecule has 5 heteroatoms. The molecule has 1 saturated carbocycles. The van der Waals surface area contributed by atoms with Gasteiger partial charge in [0.05, 0.1) is 18.8 Å². The van der Waals surface area contributed by atoms with Gasteiger partial charge in [-0.3, -0.25) is 9.78 Å². The number of aryl methyl sites for hydroxylation is 1. The van der Waals surface area contributed by atoms with Crippen molar-refractivity contribution < 1.29 is 14.3 Å². The van der Waals surface area contributed by atoms with Crippen LogP contribution in [0, 0.1) is 24.2 Å². The molecule has 3 aliphatic rings. The van der Waals surface area contributed by atoms with E-state index in [1.165, 1.54) is 12.8 Å². The van der Waals surface area contributed by atoms with Gasteiger partial charge in [-0.05, 0) is 62.5 Å². The number of hydrogen-bond donors (Lipinski definition) is 0. The van der Waals surface area contributed by atoms with E-state index in [9.17, 15) is 4.79 Å². The molecule has 142 valence electrons. The summed E-state index contributed by atoms with van der Waals surface area (Å²) in [6.45, 7) is 6.96. The van der Waals surface area contributed by atoms with Gasteiger partial charge in [0.2, 0.25) is 0 Å². The second-order valence-electron chi connectivity index (χ2n) is 8.35. The van der Waals surface area contributed by atoms with Crippen LogP contribution in [-0.4, -0.2) is 55.3 Å². The number of piperidine rings is 1. The lowest BCUT2D eigenvalue weighted by atomic mass is 9.66. The first-order chi connectivity index (χ1) is 12.7. The molecule has 2 aliphatic heterocycles. The third kappa shape index (κ3) is 3.94. The maximum atomic E-state index is 12.8. The summed E-state index contributed by atoms with van der Waals surface area (Å²) in [6, 6.07) is 3.79. The largest absolute Gasteiger partial charge is 0.381 e. The van der Waals surface area contributed by atoms with Gasteiger partial charge in [0.25, 0.3) is 5.91 Å². The molecule has 5 nitrogen and oxygen atoms in total. The van der Waals surface area contributed by atoms with E-state index in [-0.39, 0.29) is 11.3 Å². The molecular formula is C21H30N2O3. The van der Waals surface area contributed by atoms with Crippen LogP contribution in [0.15, 0.2) is 18.3 Å². The number of carbonyl (C=O) groups excluding carboxylic acids is 1. The number of ether oxygens (including phenoxy) is 2. The Kier molecular flexibility index (Phi) is 5.28. The van der Waals surface area contributed by atoms with E-state index in [4.69, 9.17) is 9.47 Å². The summed E-state index contributed by atoms with van der Waals surface area (Å²) in [5.74, 6) is 1.38. The number of amides is 1. The van der Waals surface area contributed by atoms with Crippen LogP contribution in [0.2, 0.25) is 0 Å². The standard InChI is InChI=1S/C21H30N2O3/c1-16-2-5-18(12-22-16)20(24)23-9-6-21(7-10-23)8-11-25-14-19(21)15-26-13-17-3-4-17/h2,5,12,17,19H,3-4,6-11,13-15H2,1H3/t19-/m1/s1. The lowest BCUT2D eigenvalue weighted by Gasteiger charge is -2.49. The van der Waals surface area contributed by atoms with Gasteiger partial charge in [-0.25, -0.2) is 0 Å². The molecule has 2 saturated heterocycles. The monoisotopic (exact) mass is 358 g/mol. The van der Waals surface area contributed by atoms with Gasteiger partial charge in [-0.1, -0.05) is 0 Å². The van der Waals surface area contributed by atoms with Crippen LogP contribution in [0.25, 0.3) is 0 Å². The first-order valence-corrected chi connectivity index (χ1v) is 10.0. The summed E-state index contributed by atoms with van der Waals surface area (Å²) in [7, 11) is 0. The second-order valence-corrected chi connectivity index (χ2v) is 8.35. The predicted octanol–water partition coefficient (Wildman–Crippen LogP) is 3.08. The summed E-state index contributed by atoms with van der Waals surface area (Å²) < 4.78 is 11.8. The predicted molar refractivity (Wildman–Crippen MR) is 99.0 cm³/mol. The Balaban J connectivity index is 1.35. The van der Waals surface area contributed by atoms with Gasteiger partial charge in [0.1, 0.15) is 0 Å². The van der Waals surface area contributed by atoms with Gasteiger partial charge in [-0.2, -0.15) is 0 Å². The summed E-state index contributed by atoms with van der Waals surface area (Å²) in [5, 5.41) is 0. The van der Waals surface area contributed by atoms with Crippen LogP contribution in [0.4, 0.5) is 0 Å². The molecule has 1 aromatic rings. The van der Waals surface area contributed by atoms with Crippen molar-refractivity contribution >= 4 is 5.91 Å². The zero-order chi connectivity index (χ0) is 18.0. The maximum absolute atomic E-state index is 12.8. The lowest BCUT2D eigenvalue weighted by molar-refractivity contribution is -0.0975. The summed E-state index contributed by atoms with van der Waals surface area (Å²) >= 11 is 0. The molecule has 1 amide bonds. The molecular weight excluding hydrogens is 328 g/mol. The number of nitrogens with zero attached hydrogens (tertiary/aromatic N) is 2. The third-order valence-corrected chi connectivity index (χ3v) is 6.50. The maximum Gasteiger partial charge on any atom is 0.255 e. The molecule has 3 fully saturated rings. The minimum atomic E-state index is 0.112. The molecule has 26 heavy (non-hydrogen) atoms. The Morgan fingerprint density at radius 3 is 2.77 bits per heavy atom. The normalized spacial score (nSPS) is 25.4. The van der Waals surface area contributed by atoms with E-state index in [1.54, 1.807) is 6.20 Å². The highest BCUT2D eigenvalue weighted by atomic mass is 16.5. The minimum absolute atomic E-state index is 0.112. The molecule has 3 heterocycles. The SMILES string of the molecule is Cc1ccc(C(=O)N2CCC3(CCOC[C@@H]3COCC3CC3)CC2)cn1. The van der Waals surface area contributed by atoms with E-state index < -0.39 is 0 Å². The fourth-order valence-electron chi connectivity index (χ4n) is 4.36. The molecule has 1 atom stereocenters. The smallest absolute Gasteiger partial charge is 0.255 e. The highest BCUT2D eigenvalue weighted by Crippen LogP contribution is 2.45. The van der Waals surface area contributed by atoms with Crippen LogP contribution in [0.3, 0.4) is 0 Å². The number of rotatable bonds is 5. The van der Waals surface area contributed by atoms with Gasteiger partial charge in [0, 0.05) is 44.1 Å². The van der Waals surface area contributed by atoms with Crippen LogP contribution in [0.1, 0.15) is 48.2 Å². The zero-order valence-corrected chi connectivity index (χ0v) is 15.8. The highest BCUT2D eigenvalue weighted by Gasteiger charge is 2.44. The van der Waals surface area contributed by atoms with Gasteiger partial charge < -0.3 is 14.4 Å². The summed E-state index contributed by atoms with van der Waals surface area (Å²) in [5.41, 5.74) is 1.92. The van der Waals surface area contributed by atoms with Crippen LogP contribution in [-0.2, 0) is 9.47 Å². The average molecular weight is 358 g/mol. The van der Waals surface area contributed by atoms with Crippen LogP contribution in [0.5, 0.6) is 0 Å². The van der Waals surface area contributed by atoms with E-state index >= 15 is 0 Å². The van der Waals surface area contributed by atoms with Crippen LogP contribution < -0.4 is 0 Å². The van der Waals surface area contributed by atoms with Crippen molar-refractivity contribution in [2.45, 2.75) is 39.0 Å². The van der Waals surface area contributed by atoms with Crippen molar-refractivity contribution in [1.82, 2.24) is 9.88 Å². The quantitative estimate of drug-likeness (QED) is 0.812. The van der Waals surface area contributed by atoms with Crippen molar-refractivity contribution in [3.05, 3.63) is 29.6 Å². The zero-order valence-electron chi connectivity index (χ0n) is 15.8. The Bertz CT molecular complexity index is 619. The first-order valence-electron chi connectivity index (χ1n) is 10.0. The van der Waals surface area contributed by atoms with Crippen molar-refractivity contribution in [3.8, 4) is 0 Å². The number of pyridine rings is 1. The fraction of sp³-hybridized carbons (Fsp3) is 0.714. The summed E-state index contributed by atoms with van der Waals surface area (Å²) in [6.07, 6.45) is 7.57. The number of carbonyl (C=O) groups is 1. The number of likely N-dealkylation sites (tertiary alicyclic amines) is 1. The van der Waals surface area contributed by atoms with Gasteiger partial charge in [0.15, 0.2) is 0 Å². The van der Waals surface area contributed by atoms with E-state index in [0.29, 0.717) is 11.5 Å². The van der Waals surface area contributed by atoms with E-state index in [2.05, 4.69) is 4.98 Å². The van der Waals surface area contributed by atoms with E-state index in [0.717, 1.165) is 70.4 Å². The molecule has 0 aromatic carbocycles. The van der Waals surface area contributed by atoms with Gasteiger partial charge >= 0.3 is 0 Å². The van der Waals surface area contributed by atoms with Crippen molar-refractivity contribution in [2.24, 2.45) is 17.3 Å². The average Bonchev–Trinajstić information content (AvgIpc) is 3.49. The molecule has 1 aliphatic carbocycles. The van der Waals surface area contributed by atoms with Crippen molar-refractivity contribution in [3.63, 3.8) is 0 Å². The number of aromatic nitrogens is 1. The van der Waals surface area contributed by atoms with Gasteiger partial charge in [-0.15, -0.1) is 0 Å². The van der Waals surface area contributed by atoms with Crippen LogP contribution >= 0.6 is 0 Å². The molecule has 0 radical (unpaired) electrons. The van der Waals surface area contributed by atoms with Crippen molar-refractivity contribution in [2.75, 3.05) is 39.5 Å². The molecule has 0 bridgehead atoms. The molecule has 4 rings (SSSR count). The van der Waals surface area contributed by atoms with Crippen molar-refractivity contribution in [1.29, 1.82) is 0 Å². The molecule has 1 aromatic heterocycles. The second kappa shape index (κ2) is 7.65. The Morgan fingerprint density at radius 1 is 1.27 bits per heavy atom. The lowest BCUT2D eigenvalue weighted by Crippen LogP contribution is -2.50. The Morgan fingerprint density at radius 2 is 2.08 bits per heavy atom. The third-order valence-electron chi connectivity index (χ3n) is 6.50. The Labute approximate surface area is 156 Å². The topological polar surface area (TPSA) is 51.7 Å². The molecule has 0 N–H and O–H groups in total. The highest BCUT2D eigenvalue weighted by molar-refractivity contribution is 5.94. The number of hydrogen-bond acceptors (Lipinski definition) is 4. The molecule has 1 spiro atoms. The summed E-state index contributed by atoms with van der Waals surface area (Å²) in [4.78, 5) is 19.0. The molecule has 0 unspecified atom stereocenters. The Hall–Kier alpha value is -1.46. The first kappa shape index (κ1) is 17.9.